The summed E-state index contributed by atoms with van der Waals surface area (Å²) in [7, 11) is 1.68. The number of nitrogens with zero attached hydrogens (tertiary/aromatic N) is 3. The molecule has 0 aliphatic rings. The van der Waals surface area contributed by atoms with E-state index in [1.54, 1.807) is 36.2 Å². The highest BCUT2D eigenvalue weighted by molar-refractivity contribution is 5.75. The van der Waals surface area contributed by atoms with Crippen molar-refractivity contribution in [1.29, 1.82) is 0 Å². The number of carbonyl (C=O) groups is 1. The molecule has 0 aliphatic heterocycles. The van der Waals surface area contributed by atoms with Crippen molar-refractivity contribution in [3.05, 3.63) is 78.0 Å². The molecular formula is C18H18FN3O3. The van der Waals surface area contributed by atoms with Crippen LogP contribution >= 0.6 is 0 Å². The number of hydrogen-bond acceptors (Lipinski definition) is 4. The minimum Gasteiger partial charge on any atom is -0.467 e. The number of hydrogen-bond donors (Lipinski definition) is 1. The molecule has 1 aromatic carbocycles. The van der Waals surface area contributed by atoms with E-state index in [-0.39, 0.29) is 18.3 Å². The zero-order valence-electron chi connectivity index (χ0n) is 13.7. The van der Waals surface area contributed by atoms with Gasteiger partial charge in [0.1, 0.15) is 30.1 Å². The van der Waals surface area contributed by atoms with Crippen molar-refractivity contribution in [1.82, 2.24) is 14.5 Å². The normalized spacial score (nSPS) is 12.1. The topological polar surface area (TPSA) is 71.5 Å². The van der Waals surface area contributed by atoms with Gasteiger partial charge in [0.15, 0.2) is 0 Å². The first kappa shape index (κ1) is 16.9. The summed E-state index contributed by atoms with van der Waals surface area (Å²) in [4.78, 5) is 18.1. The number of aromatic nitrogens is 2. The van der Waals surface area contributed by atoms with Gasteiger partial charge in [-0.1, -0.05) is 12.1 Å². The molecule has 1 atom stereocenters. The third-order valence-corrected chi connectivity index (χ3v) is 3.88. The molecule has 6 nitrogen and oxygen atoms in total. The molecule has 0 unspecified atom stereocenters. The van der Waals surface area contributed by atoms with Crippen LogP contribution in [0.2, 0.25) is 0 Å². The molecule has 2 heterocycles. The number of aliphatic hydroxyl groups is 1. The van der Waals surface area contributed by atoms with Crippen molar-refractivity contribution in [2.45, 2.75) is 19.2 Å². The number of likely N-dealkylation sites (N-methyl/N-ethyl adjacent to an activating group) is 1. The maximum absolute atomic E-state index is 13.0. The van der Waals surface area contributed by atoms with Crippen LogP contribution in [0, 0.1) is 5.82 Å². The highest BCUT2D eigenvalue weighted by Gasteiger charge is 2.19. The van der Waals surface area contributed by atoms with Crippen LogP contribution in [0.4, 0.5) is 4.39 Å². The molecule has 7 heteroatoms. The Bertz CT molecular complexity index is 828. The Labute approximate surface area is 144 Å². The summed E-state index contributed by atoms with van der Waals surface area (Å²) < 4.78 is 19.8. The second kappa shape index (κ2) is 7.31. The summed E-state index contributed by atoms with van der Waals surface area (Å²) in [5.74, 6) is 0.482. The molecule has 0 saturated carbocycles. The molecular weight excluding hydrogens is 325 g/mol. The SMILES string of the molecule is CN(Cc1ccco1)C(=O)Cn1ccnc1[C@H](O)c1ccc(F)cc1. The van der Waals surface area contributed by atoms with Gasteiger partial charge in [-0.05, 0) is 29.8 Å². The zero-order valence-corrected chi connectivity index (χ0v) is 13.7. The van der Waals surface area contributed by atoms with Crippen LogP contribution in [0.5, 0.6) is 0 Å². The van der Waals surface area contributed by atoms with Crippen molar-refractivity contribution in [2.75, 3.05) is 7.05 Å². The number of aliphatic hydroxyl groups excluding tert-OH is 1. The summed E-state index contributed by atoms with van der Waals surface area (Å²) in [6.07, 6.45) is 3.65. The maximum Gasteiger partial charge on any atom is 0.242 e. The molecule has 3 aromatic rings. The van der Waals surface area contributed by atoms with Crippen molar-refractivity contribution >= 4 is 5.91 Å². The Morgan fingerprint density at radius 1 is 1.36 bits per heavy atom. The number of benzene rings is 1. The quantitative estimate of drug-likeness (QED) is 0.746. The van der Waals surface area contributed by atoms with Crippen LogP contribution in [-0.2, 0) is 17.9 Å². The van der Waals surface area contributed by atoms with Crippen LogP contribution in [-0.4, -0.2) is 32.5 Å². The Balaban J connectivity index is 1.70. The predicted octanol–water partition coefficient (Wildman–Crippen LogP) is 2.36. The molecule has 3 rings (SSSR count). The highest BCUT2D eigenvalue weighted by atomic mass is 19.1. The second-order valence-corrected chi connectivity index (χ2v) is 5.70. The Hall–Kier alpha value is -2.93. The molecule has 0 fully saturated rings. The van der Waals surface area contributed by atoms with Crippen LogP contribution in [0.25, 0.3) is 0 Å². The smallest absolute Gasteiger partial charge is 0.242 e. The van der Waals surface area contributed by atoms with Crippen molar-refractivity contribution in [3.8, 4) is 0 Å². The average Bonchev–Trinajstić information content (AvgIpc) is 3.26. The van der Waals surface area contributed by atoms with E-state index in [2.05, 4.69) is 4.98 Å². The fourth-order valence-electron chi connectivity index (χ4n) is 2.49. The fourth-order valence-corrected chi connectivity index (χ4v) is 2.49. The van der Waals surface area contributed by atoms with Gasteiger partial charge in [0.05, 0.1) is 12.8 Å². The van der Waals surface area contributed by atoms with E-state index < -0.39 is 6.10 Å². The molecule has 0 aliphatic carbocycles. The predicted molar refractivity (Wildman–Crippen MR) is 87.9 cm³/mol. The van der Waals surface area contributed by atoms with Gasteiger partial charge >= 0.3 is 0 Å². The minimum atomic E-state index is -1.04. The number of imidazole rings is 1. The Morgan fingerprint density at radius 2 is 2.12 bits per heavy atom. The summed E-state index contributed by atoms with van der Waals surface area (Å²) in [6, 6.07) is 9.08. The van der Waals surface area contributed by atoms with Gasteiger partial charge in [-0.3, -0.25) is 4.79 Å². The van der Waals surface area contributed by atoms with E-state index in [4.69, 9.17) is 4.42 Å². The lowest BCUT2D eigenvalue weighted by Crippen LogP contribution is -2.30. The van der Waals surface area contributed by atoms with E-state index in [1.165, 1.54) is 35.4 Å². The summed E-state index contributed by atoms with van der Waals surface area (Å²) in [5, 5.41) is 10.5. The zero-order chi connectivity index (χ0) is 17.8. The van der Waals surface area contributed by atoms with Gasteiger partial charge in [0.2, 0.25) is 5.91 Å². The highest BCUT2D eigenvalue weighted by Crippen LogP contribution is 2.21. The second-order valence-electron chi connectivity index (χ2n) is 5.70. The molecule has 0 spiro atoms. The first-order chi connectivity index (χ1) is 12.0. The number of furan rings is 1. The van der Waals surface area contributed by atoms with Gasteiger partial charge in [-0.15, -0.1) is 0 Å². The minimum absolute atomic E-state index is 0.0325. The fraction of sp³-hybridized carbons (Fsp3) is 0.222. The number of carbonyl (C=O) groups excluding carboxylic acids is 1. The summed E-state index contributed by atoms with van der Waals surface area (Å²) in [6.45, 7) is 0.390. The van der Waals surface area contributed by atoms with Gasteiger partial charge < -0.3 is 19.0 Å². The molecule has 0 bridgehead atoms. The standard InChI is InChI=1S/C18H18FN3O3/c1-21(11-15-3-2-10-25-15)16(23)12-22-9-8-20-18(22)17(24)13-4-6-14(19)7-5-13/h2-10,17,24H,11-12H2,1H3/t17-/m1/s1. The number of rotatable bonds is 6. The third kappa shape index (κ3) is 3.95. The van der Waals surface area contributed by atoms with E-state index >= 15 is 0 Å². The Morgan fingerprint density at radius 3 is 2.80 bits per heavy atom. The van der Waals surface area contributed by atoms with Crippen molar-refractivity contribution in [2.24, 2.45) is 0 Å². The summed E-state index contributed by atoms with van der Waals surface area (Å²) >= 11 is 0. The first-order valence-electron chi connectivity index (χ1n) is 7.75. The van der Waals surface area contributed by atoms with Crippen molar-refractivity contribution < 1.29 is 18.7 Å². The van der Waals surface area contributed by atoms with E-state index in [0.717, 1.165) is 0 Å². The molecule has 0 saturated heterocycles. The average molecular weight is 343 g/mol. The molecule has 1 amide bonds. The molecule has 0 radical (unpaired) electrons. The van der Waals surface area contributed by atoms with E-state index in [0.29, 0.717) is 23.7 Å². The molecule has 1 N–H and O–H groups in total. The van der Waals surface area contributed by atoms with Crippen LogP contribution < -0.4 is 0 Å². The van der Waals surface area contributed by atoms with Gasteiger partial charge in [-0.2, -0.15) is 0 Å². The monoisotopic (exact) mass is 343 g/mol. The lowest BCUT2D eigenvalue weighted by atomic mass is 10.1. The number of amides is 1. The number of halogens is 1. The van der Waals surface area contributed by atoms with Gasteiger partial charge in [0.25, 0.3) is 0 Å². The lowest BCUT2D eigenvalue weighted by molar-refractivity contribution is -0.131. The molecule has 130 valence electrons. The van der Waals surface area contributed by atoms with Crippen LogP contribution in [0.3, 0.4) is 0 Å². The van der Waals surface area contributed by atoms with Gasteiger partial charge in [-0.25, -0.2) is 9.37 Å². The van der Waals surface area contributed by atoms with Crippen LogP contribution in [0.1, 0.15) is 23.3 Å². The van der Waals surface area contributed by atoms with Gasteiger partial charge in [0, 0.05) is 19.4 Å². The van der Waals surface area contributed by atoms with Crippen molar-refractivity contribution in [3.63, 3.8) is 0 Å². The third-order valence-electron chi connectivity index (χ3n) is 3.88. The molecule has 2 aromatic heterocycles. The Kier molecular flexibility index (Phi) is 4.95. The largest absolute Gasteiger partial charge is 0.467 e. The summed E-state index contributed by atoms with van der Waals surface area (Å²) in [5.41, 5.74) is 0.505. The lowest BCUT2D eigenvalue weighted by Gasteiger charge is -2.18. The maximum atomic E-state index is 13.0. The van der Waals surface area contributed by atoms with Crippen LogP contribution in [0.15, 0.2) is 59.5 Å². The first-order valence-corrected chi connectivity index (χ1v) is 7.75. The van der Waals surface area contributed by atoms with E-state index in [1.807, 2.05) is 0 Å². The van der Waals surface area contributed by atoms with E-state index in [9.17, 15) is 14.3 Å². The molecule has 25 heavy (non-hydrogen) atoms.